The Balaban J connectivity index is 2.46. The van der Waals surface area contributed by atoms with Crippen LogP contribution in [0, 0.1) is 0 Å². The van der Waals surface area contributed by atoms with E-state index in [0.29, 0.717) is 13.1 Å². The van der Waals surface area contributed by atoms with E-state index in [9.17, 15) is 4.79 Å². The first kappa shape index (κ1) is 13.0. The van der Waals surface area contributed by atoms with Crippen LogP contribution in [-0.2, 0) is 11.3 Å². The maximum atomic E-state index is 11.4. The molecule has 16 heavy (non-hydrogen) atoms. The van der Waals surface area contributed by atoms with Gasteiger partial charge in [0.05, 0.1) is 6.04 Å². The largest absolute Gasteiger partial charge is 0.355 e. The highest BCUT2D eigenvalue weighted by Gasteiger charge is 2.10. The molecule has 0 radical (unpaired) electrons. The lowest BCUT2D eigenvalue weighted by atomic mass is 10.2. The fourth-order valence-electron chi connectivity index (χ4n) is 1.32. The smallest absolute Gasteiger partial charge is 0.236 e. The first-order valence-corrected chi connectivity index (χ1v) is 5.77. The minimum atomic E-state index is -0.212. The average Bonchev–Trinajstić information content (AvgIpc) is 2.28. The second-order valence-electron chi connectivity index (χ2n) is 3.59. The predicted octanol–water partition coefficient (Wildman–Crippen LogP) is 1.95. The third-order valence-electron chi connectivity index (χ3n) is 2.30. The summed E-state index contributed by atoms with van der Waals surface area (Å²) in [6.45, 7) is 4.98. The van der Waals surface area contributed by atoms with Crippen LogP contribution in [0.25, 0.3) is 0 Å². The first-order valence-electron chi connectivity index (χ1n) is 5.39. The number of benzene rings is 1. The molecule has 0 saturated heterocycles. The van der Waals surface area contributed by atoms with Crippen molar-refractivity contribution in [3.63, 3.8) is 0 Å². The van der Waals surface area contributed by atoms with Gasteiger partial charge in [0.15, 0.2) is 0 Å². The van der Waals surface area contributed by atoms with Crippen molar-refractivity contribution in [3.8, 4) is 0 Å². The Morgan fingerprint density at radius 3 is 2.75 bits per heavy atom. The van der Waals surface area contributed by atoms with E-state index in [1.807, 2.05) is 38.1 Å². The van der Waals surface area contributed by atoms with Crippen LogP contribution in [0.4, 0.5) is 0 Å². The molecule has 1 amide bonds. The van der Waals surface area contributed by atoms with Gasteiger partial charge in [-0.25, -0.2) is 0 Å². The predicted molar refractivity (Wildman–Crippen MR) is 66.4 cm³/mol. The van der Waals surface area contributed by atoms with Crippen LogP contribution in [0.1, 0.15) is 19.4 Å². The van der Waals surface area contributed by atoms with Gasteiger partial charge >= 0.3 is 0 Å². The van der Waals surface area contributed by atoms with Gasteiger partial charge in [0.1, 0.15) is 0 Å². The van der Waals surface area contributed by atoms with Gasteiger partial charge in [0, 0.05) is 18.1 Å². The average molecular weight is 241 g/mol. The van der Waals surface area contributed by atoms with E-state index >= 15 is 0 Å². The molecule has 0 fully saturated rings. The molecule has 0 saturated carbocycles. The highest BCUT2D eigenvalue weighted by Crippen LogP contribution is 2.14. The molecule has 88 valence electrons. The Morgan fingerprint density at radius 1 is 1.44 bits per heavy atom. The molecule has 0 heterocycles. The third kappa shape index (κ3) is 3.83. The summed E-state index contributed by atoms with van der Waals surface area (Å²) in [5.41, 5.74) is 1.00. The number of likely N-dealkylation sites (N-methyl/N-ethyl adjacent to an activating group) is 1. The molecule has 0 bridgehead atoms. The van der Waals surface area contributed by atoms with Crippen LogP contribution in [-0.4, -0.2) is 18.5 Å². The summed E-state index contributed by atoms with van der Waals surface area (Å²) in [7, 11) is 0. The van der Waals surface area contributed by atoms with Crippen LogP contribution in [0.15, 0.2) is 24.3 Å². The van der Waals surface area contributed by atoms with Crippen LogP contribution in [0.5, 0.6) is 0 Å². The van der Waals surface area contributed by atoms with Gasteiger partial charge in [0.25, 0.3) is 0 Å². The molecule has 1 aromatic carbocycles. The second-order valence-corrected chi connectivity index (χ2v) is 4.00. The zero-order valence-electron chi connectivity index (χ0n) is 9.59. The third-order valence-corrected chi connectivity index (χ3v) is 2.67. The fraction of sp³-hybridized carbons (Fsp3) is 0.417. The Hall–Kier alpha value is -1.06. The van der Waals surface area contributed by atoms with Crippen LogP contribution < -0.4 is 10.6 Å². The minimum absolute atomic E-state index is 0.00885. The standard InChI is InChI=1S/C12H17ClN2O/c1-3-14-12(16)9(2)15-8-10-6-4-5-7-11(10)13/h4-7,9,15H,3,8H2,1-2H3,(H,14,16). The lowest BCUT2D eigenvalue weighted by molar-refractivity contribution is -0.122. The van der Waals surface area contributed by atoms with Crippen molar-refractivity contribution in [1.82, 2.24) is 10.6 Å². The Bertz CT molecular complexity index is 355. The van der Waals surface area contributed by atoms with Crippen molar-refractivity contribution >= 4 is 17.5 Å². The Morgan fingerprint density at radius 2 is 2.12 bits per heavy atom. The second kappa shape index (κ2) is 6.51. The molecular weight excluding hydrogens is 224 g/mol. The molecule has 2 N–H and O–H groups in total. The normalized spacial score (nSPS) is 12.2. The molecule has 1 unspecified atom stereocenters. The monoisotopic (exact) mass is 240 g/mol. The summed E-state index contributed by atoms with van der Waals surface area (Å²) in [5.74, 6) is 0.00885. The molecule has 0 aliphatic rings. The van der Waals surface area contributed by atoms with Crippen LogP contribution in [0.2, 0.25) is 5.02 Å². The number of halogens is 1. The number of amides is 1. The van der Waals surface area contributed by atoms with Gasteiger partial charge in [-0.05, 0) is 25.5 Å². The van der Waals surface area contributed by atoms with Gasteiger partial charge in [0.2, 0.25) is 5.91 Å². The Kier molecular flexibility index (Phi) is 5.29. The van der Waals surface area contributed by atoms with Crippen molar-refractivity contribution in [2.75, 3.05) is 6.54 Å². The van der Waals surface area contributed by atoms with Gasteiger partial charge in [-0.3, -0.25) is 4.79 Å². The number of carbonyl (C=O) groups is 1. The quantitative estimate of drug-likeness (QED) is 0.826. The van der Waals surface area contributed by atoms with Crippen molar-refractivity contribution in [3.05, 3.63) is 34.9 Å². The molecule has 3 nitrogen and oxygen atoms in total. The molecule has 0 spiro atoms. The SMILES string of the molecule is CCNC(=O)C(C)NCc1ccccc1Cl. The lowest BCUT2D eigenvalue weighted by Gasteiger charge is -2.13. The maximum absolute atomic E-state index is 11.4. The number of rotatable bonds is 5. The van der Waals surface area contributed by atoms with E-state index in [-0.39, 0.29) is 11.9 Å². The molecule has 1 aromatic rings. The van der Waals surface area contributed by atoms with E-state index in [1.54, 1.807) is 0 Å². The highest BCUT2D eigenvalue weighted by molar-refractivity contribution is 6.31. The van der Waals surface area contributed by atoms with Gasteiger partial charge in [-0.15, -0.1) is 0 Å². The van der Waals surface area contributed by atoms with E-state index in [0.717, 1.165) is 10.6 Å². The van der Waals surface area contributed by atoms with E-state index < -0.39 is 0 Å². The molecule has 4 heteroatoms. The number of hydrogen-bond acceptors (Lipinski definition) is 2. The van der Waals surface area contributed by atoms with Crippen molar-refractivity contribution in [2.45, 2.75) is 26.4 Å². The maximum Gasteiger partial charge on any atom is 0.236 e. The summed E-state index contributed by atoms with van der Waals surface area (Å²) >= 11 is 6.01. The Labute approximate surface area is 101 Å². The topological polar surface area (TPSA) is 41.1 Å². The van der Waals surface area contributed by atoms with Crippen molar-refractivity contribution in [2.24, 2.45) is 0 Å². The molecule has 1 rings (SSSR count). The number of hydrogen-bond donors (Lipinski definition) is 2. The zero-order chi connectivity index (χ0) is 12.0. The van der Waals surface area contributed by atoms with Crippen LogP contribution in [0.3, 0.4) is 0 Å². The minimum Gasteiger partial charge on any atom is -0.355 e. The molecule has 0 aliphatic carbocycles. The summed E-state index contributed by atoms with van der Waals surface area (Å²) in [4.78, 5) is 11.4. The first-order chi connectivity index (χ1) is 7.65. The van der Waals surface area contributed by atoms with Gasteiger partial charge < -0.3 is 10.6 Å². The van der Waals surface area contributed by atoms with E-state index in [1.165, 1.54) is 0 Å². The summed E-state index contributed by atoms with van der Waals surface area (Å²) in [5, 5.41) is 6.61. The molecule has 0 aromatic heterocycles. The zero-order valence-corrected chi connectivity index (χ0v) is 10.3. The molecule has 1 atom stereocenters. The fourth-order valence-corrected chi connectivity index (χ4v) is 1.53. The summed E-state index contributed by atoms with van der Waals surface area (Å²) < 4.78 is 0. The summed E-state index contributed by atoms with van der Waals surface area (Å²) in [6, 6.07) is 7.39. The number of nitrogens with one attached hydrogen (secondary N) is 2. The van der Waals surface area contributed by atoms with Crippen LogP contribution >= 0.6 is 11.6 Å². The van der Waals surface area contributed by atoms with Gasteiger partial charge in [-0.2, -0.15) is 0 Å². The van der Waals surface area contributed by atoms with Crippen molar-refractivity contribution in [1.29, 1.82) is 0 Å². The van der Waals surface area contributed by atoms with Crippen molar-refractivity contribution < 1.29 is 4.79 Å². The lowest BCUT2D eigenvalue weighted by Crippen LogP contribution is -2.41. The number of carbonyl (C=O) groups excluding carboxylic acids is 1. The van der Waals surface area contributed by atoms with Gasteiger partial charge in [-0.1, -0.05) is 29.8 Å². The molecule has 0 aliphatic heterocycles. The summed E-state index contributed by atoms with van der Waals surface area (Å²) in [6.07, 6.45) is 0. The van der Waals surface area contributed by atoms with E-state index in [2.05, 4.69) is 10.6 Å². The van der Waals surface area contributed by atoms with E-state index in [4.69, 9.17) is 11.6 Å². The highest BCUT2D eigenvalue weighted by atomic mass is 35.5. The molecular formula is C12H17ClN2O.